The number of nitro benzene ring substituents is 1. The van der Waals surface area contributed by atoms with Gasteiger partial charge >= 0.3 is 74.8 Å². The smallest absolute Gasteiger partial charge is 0.258 e. The minimum atomic E-state index is -9.59. The Balaban J connectivity index is 3.98. The minimum Gasteiger partial charge on any atom is -0.258 e. The number of ether oxygens (including phenoxy) is 1. The molecule has 0 atom stereocenters. The summed E-state index contributed by atoms with van der Waals surface area (Å²) in [5.41, 5.74) is -7.94. The summed E-state index contributed by atoms with van der Waals surface area (Å²) < 4.78 is 361. The fraction of sp³-hybridized carbons (Fsp3) is 0.625. The van der Waals surface area contributed by atoms with E-state index in [0.29, 0.717) is 0 Å². The molecule has 1 aromatic rings. The van der Waals surface area contributed by atoms with Gasteiger partial charge in [-0.1, -0.05) is 3.89 Å². The summed E-state index contributed by atoms with van der Waals surface area (Å²) in [5.74, 6) is -81.0. The predicted octanol–water partition coefficient (Wildman–Crippen LogP) is 8.15. The van der Waals surface area contributed by atoms with E-state index in [2.05, 4.69) is 0 Å². The van der Waals surface area contributed by atoms with Crippen molar-refractivity contribution in [2.45, 2.75) is 58.9 Å². The van der Waals surface area contributed by atoms with E-state index in [1.165, 1.54) is 0 Å². The normalized spacial score (nSPS) is 15.6. The molecule has 0 fully saturated rings. The molecule has 0 saturated heterocycles. The second kappa shape index (κ2) is 11.1. The molecular formula is C16F25NO5S. The van der Waals surface area contributed by atoms with Gasteiger partial charge in [0, 0.05) is 0 Å². The zero-order valence-corrected chi connectivity index (χ0v) is 21.2. The first kappa shape index (κ1) is 42.8. The number of rotatable bonds is 13. The molecule has 0 amide bonds. The Kier molecular flexibility index (Phi) is 9.94. The van der Waals surface area contributed by atoms with E-state index in [-0.39, 0.29) is 0 Å². The lowest BCUT2D eigenvalue weighted by Gasteiger charge is -2.43. The molecule has 6 nitrogen and oxygen atoms in total. The lowest BCUT2D eigenvalue weighted by Crippen LogP contribution is -2.75. The van der Waals surface area contributed by atoms with Gasteiger partial charge in [-0.25, -0.2) is 13.5 Å². The Bertz CT molecular complexity index is 1540. The molecule has 0 heterocycles. The zero-order valence-electron chi connectivity index (χ0n) is 20.3. The van der Waals surface area contributed by atoms with Gasteiger partial charge < -0.3 is 0 Å². The van der Waals surface area contributed by atoms with Crippen LogP contribution in [0.2, 0.25) is 0 Å². The second-order valence-corrected chi connectivity index (χ2v) is 9.74. The monoisotopic (exact) mass is 793 g/mol. The van der Waals surface area contributed by atoms with Crippen LogP contribution in [0.25, 0.3) is 0 Å². The lowest BCUT2D eigenvalue weighted by molar-refractivity contribution is -0.504. The lowest BCUT2D eigenvalue weighted by atomic mass is 9.86. The third-order valence-corrected chi connectivity index (χ3v) is 6.22. The average Bonchev–Trinajstić information content (AvgIpc) is 2.85. The molecule has 0 unspecified atom stereocenters. The van der Waals surface area contributed by atoms with E-state index >= 15 is 0 Å². The fourth-order valence-electron chi connectivity index (χ4n) is 2.81. The van der Waals surface area contributed by atoms with Crippen LogP contribution >= 0.6 is 0 Å². The molecule has 0 aliphatic carbocycles. The molecule has 1 rings (SSSR count). The quantitative estimate of drug-likeness (QED) is 0.0662. The molecule has 0 aromatic heterocycles. The molecule has 0 bridgehead atoms. The Morgan fingerprint density at radius 3 is 1.08 bits per heavy atom. The van der Waals surface area contributed by atoms with Crippen molar-refractivity contribution in [3.05, 3.63) is 38.9 Å². The Hall–Kier alpha value is -3.22. The van der Waals surface area contributed by atoms with Gasteiger partial charge in [-0.15, -0.1) is 0 Å². The van der Waals surface area contributed by atoms with E-state index in [4.69, 9.17) is 0 Å². The van der Waals surface area contributed by atoms with Gasteiger partial charge in [0.05, 0.1) is 4.92 Å². The summed E-state index contributed by atoms with van der Waals surface area (Å²) >= 11 is 0. The Labute approximate surface area is 242 Å². The molecule has 0 spiro atoms. The number of halogens is 25. The van der Waals surface area contributed by atoms with Crippen molar-refractivity contribution < 1.29 is 127 Å². The molecule has 0 saturated carbocycles. The van der Waals surface area contributed by atoms with Crippen LogP contribution in [0, 0.1) is 33.4 Å². The van der Waals surface area contributed by atoms with Crippen LogP contribution in [0.3, 0.4) is 0 Å². The molecule has 1 aromatic carbocycles. The van der Waals surface area contributed by atoms with Crippen molar-refractivity contribution in [1.29, 1.82) is 0 Å². The van der Waals surface area contributed by atoms with E-state index < -0.39 is 109 Å². The average molecular weight is 793 g/mol. The largest absolute Gasteiger partial charge is 0.464 e. The third-order valence-electron chi connectivity index (χ3n) is 5.37. The maximum atomic E-state index is 14.2. The molecule has 48 heavy (non-hydrogen) atoms. The Morgan fingerprint density at radius 2 is 0.792 bits per heavy atom. The minimum absolute atomic E-state index is 0.914. The van der Waals surface area contributed by atoms with Crippen molar-refractivity contribution in [1.82, 2.24) is 0 Å². The number of alkyl halides is 20. The van der Waals surface area contributed by atoms with Crippen LogP contribution in [-0.2, 0) is 20.9 Å². The van der Waals surface area contributed by atoms with Crippen LogP contribution < -0.4 is 0 Å². The van der Waals surface area contributed by atoms with Gasteiger partial charge in [-0.05, 0) is 0 Å². The highest BCUT2D eigenvalue weighted by Crippen LogP contribution is 2.66. The number of nitro groups is 1. The number of hydrogen-bond acceptors (Lipinski definition) is 5. The summed E-state index contributed by atoms with van der Waals surface area (Å²) in [5, 5.41) is 2.45. The van der Waals surface area contributed by atoms with Crippen LogP contribution in [0.15, 0.2) is 0 Å². The van der Waals surface area contributed by atoms with Crippen molar-refractivity contribution in [2.75, 3.05) is 0 Å². The summed E-state index contributed by atoms with van der Waals surface area (Å²) in [6.45, 7) is 0. The van der Waals surface area contributed by atoms with Crippen LogP contribution in [0.5, 0.6) is 0 Å². The first-order chi connectivity index (χ1) is 20.5. The number of hydrogen-bond donors (Lipinski definition) is 0. The maximum absolute atomic E-state index is 14.2. The number of nitrogens with zero attached hydrogens (tertiary/aromatic N) is 1. The van der Waals surface area contributed by atoms with Crippen LogP contribution in [0.4, 0.5) is 115 Å². The first-order valence-electron chi connectivity index (χ1n) is 9.97. The summed E-state index contributed by atoms with van der Waals surface area (Å²) in [6, 6.07) is 0. The van der Waals surface area contributed by atoms with Gasteiger partial charge in [0.2, 0.25) is 11.6 Å². The number of benzene rings is 1. The highest BCUT2D eigenvalue weighted by molar-refractivity contribution is 7.87. The van der Waals surface area contributed by atoms with Crippen LogP contribution in [-0.4, -0.2) is 66.3 Å². The highest BCUT2D eigenvalue weighted by atomic mass is 32.3. The van der Waals surface area contributed by atoms with Gasteiger partial charge in [-0.2, -0.15) is 105 Å². The molecule has 280 valence electrons. The van der Waals surface area contributed by atoms with Crippen molar-refractivity contribution >= 4 is 15.9 Å². The molecule has 0 aliphatic rings. The van der Waals surface area contributed by atoms with Crippen molar-refractivity contribution in [3.63, 3.8) is 0 Å². The SMILES string of the molecule is O=[N+]([O-])c1c(F)c(F)c(C(F)(F)C(F)(F)C(F)(F)C(F)(F)C(F)(F)C(F)(F)C(F)(F)C(F)(F)OC(F)(F)C(F)(F)S(=O)(=O)F)c(F)c1F. The van der Waals surface area contributed by atoms with Gasteiger partial charge in [0.25, 0.3) is 0 Å². The third kappa shape index (κ3) is 5.38. The van der Waals surface area contributed by atoms with Crippen LogP contribution in [0.1, 0.15) is 5.56 Å². The molecular weight excluding hydrogens is 793 g/mol. The molecule has 32 heteroatoms. The zero-order chi connectivity index (χ0) is 39.2. The fourth-order valence-corrected chi connectivity index (χ4v) is 3.13. The molecule has 0 radical (unpaired) electrons. The molecule has 0 N–H and O–H groups in total. The second-order valence-electron chi connectivity index (χ2n) is 8.35. The maximum Gasteiger partial charge on any atom is 0.464 e. The van der Waals surface area contributed by atoms with Gasteiger partial charge in [-0.3, -0.25) is 10.1 Å². The Morgan fingerprint density at radius 1 is 0.500 bits per heavy atom. The summed E-state index contributed by atoms with van der Waals surface area (Å²) in [4.78, 5) is 7.77. The van der Waals surface area contributed by atoms with Gasteiger partial charge in [0.1, 0.15) is 5.56 Å². The van der Waals surface area contributed by atoms with E-state index in [1.54, 1.807) is 0 Å². The van der Waals surface area contributed by atoms with Crippen molar-refractivity contribution in [3.8, 4) is 0 Å². The standard InChI is InChI=1S/C16F25NO5S/c17-2-1(3(18)5(20)6(4(2)19)42(43)44)7(21,22)8(23,24)9(25,26)10(27,28)11(29,30)12(31,32)13(33,34)14(35,36)47-15(37,38)16(39,40)48(41,45)46. The van der Waals surface area contributed by atoms with Crippen molar-refractivity contribution in [2.24, 2.45) is 0 Å². The first-order valence-corrected chi connectivity index (χ1v) is 11.4. The van der Waals surface area contributed by atoms with E-state index in [9.17, 15) is 128 Å². The van der Waals surface area contributed by atoms with E-state index in [1.807, 2.05) is 0 Å². The topological polar surface area (TPSA) is 86.5 Å². The molecule has 0 aliphatic heterocycles. The van der Waals surface area contributed by atoms with Gasteiger partial charge in [0.15, 0.2) is 11.6 Å². The van der Waals surface area contributed by atoms with E-state index in [0.717, 1.165) is 4.74 Å². The predicted molar refractivity (Wildman–Crippen MR) is 92.5 cm³/mol. The summed E-state index contributed by atoms with van der Waals surface area (Å²) in [6.07, 6.45) is -16.9. The highest BCUT2D eigenvalue weighted by Gasteiger charge is 2.96. The summed E-state index contributed by atoms with van der Waals surface area (Å²) in [7, 11) is -8.39.